The van der Waals surface area contributed by atoms with Crippen LogP contribution in [0.5, 0.6) is 0 Å². The lowest BCUT2D eigenvalue weighted by Crippen LogP contribution is -2.22. The molecule has 2 aromatic carbocycles. The first-order chi connectivity index (χ1) is 10.7. The number of carbonyl (C=O) groups excluding carboxylic acids is 1. The average Bonchev–Trinajstić information content (AvgIpc) is 2.48. The van der Waals surface area contributed by atoms with Gasteiger partial charge >= 0.3 is 0 Å². The summed E-state index contributed by atoms with van der Waals surface area (Å²) in [5.74, 6) is -0.264. The number of benzene rings is 2. The second-order valence-corrected chi connectivity index (χ2v) is 7.40. The van der Waals surface area contributed by atoms with Gasteiger partial charge in [0.25, 0.3) is 15.9 Å². The van der Waals surface area contributed by atoms with E-state index in [2.05, 4.69) is 4.72 Å². The van der Waals surface area contributed by atoms with Crippen LogP contribution in [0.4, 0.5) is 5.69 Å². The molecule has 0 atom stereocenters. The molecule has 8 heteroatoms. The van der Waals surface area contributed by atoms with Crippen LogP contribution in [0.2, 0.25) is 10.0 Å². The van der Waals surface area contributed by atoms with Gasteiger partial charge in [-0.05, 0) is 30.3 Å². The summed E-state index contributed by atoms with van der Waals surface area (Å²) in [5.41, 5.74) is 0.426. The SMILES string of the molecule is CN(C)C(=O)c1ccc(Cl)c(NS(=O)(=O)c2ccccc2Cl)c1. The van der Waals surface area contributed by atoms with Crippen LogP contribution in [0.15, 0.2) is 47.4 Å². The number of hydrogen-bond donors (Lipinski definition) is 1. The fraction of sp³-hybridized carbons (Fsp3) is 0.133. The van der Waals surface area contributed by atoms with Gasteiger partial charge in [-0.15, -0.1) is 0 Å². The van der Waals surface area contributed by atoms with Gasteiger partial charge in [0.2, 0.25) is 0 Å². The van der Waals surface area contributed by atoms with Gasteiger partial charge in [0.05, 0.1) is 15.7 Å². The van der Waals surface area contributed by atoms with Crippen molar-refractivity contribution in [1.29, 1.82) is 0 Å². The predicted octanol–water partition coefficient (Wildman–Crippen LogP) is 3.50. The van der Waals surface area contributed by atoms with Gasteiger partial charge in [0, 0.05) is 19.7 Å². The summed E-state index contributed by atoms with van der Waals surface area (Å²) in [6.07, 6.45) is 0. The van der Waals surface area contributed by atoms with Gasteiger partial charge in [0.15, 0.2) is 0 Å². The molecule has 0 radical (unpaired) electrons. The van der Waals surface area contributed by atoms with Crippen LogP contribution in [0.1, 0.15) is 10.4 Å². The van der Waals surface area contributed by atoms with Gasteiger partial charge < -0.3 is 4.90 Å². The highest BCUT2D eigenvalue weighted by atomic mass is 35.5. The number of nitrogens with one attached hydrogen (secondary N) is 1. The highest BCUT2D eigenvalue weighted by molar-refractivity contribution is 7.92. The molecule has 23 heavy (non-hydrogen) atoms. The maximum atomic E-state index is 12.4. The van der Waals surface area contributed by atoms with Crippen LogP contribution in [0, 0.1) is 0 Å². The molecule has 0 bridgehead atoms. The van der Waals surface area contributed by atoms with Crippen molar-refractivity contribution in [3.8, 4) is 0 Å². The van der Waals surface area contributed by atoms with Crippen molar-refractivity contribution in [2.75, 3.05) is 18.8 Å². The first-order valence-corrected chi connectivity index (χ1v) is 8.75. The Morgan fingerprint density at radius 1 is 1.04 bits per heavy atom. The molecule has 1 amide bonds. The van der Waals surface area contributed by atoms with Crippen LogP contribution in [-0.2, 0) is 10.0 Å². The van der Waals surface area contributed by atoms with Crippen LogP contribution in [-0.4, -0.2) is 33.3 Å². The summed E-state index contributed by atoms with van der Waals surface area (Å²) in [5, 5.41) is 0.271. The van der Waals surface area contributed by atoms with E-state index in [1.165, 1.54) is 35.2 Å². The third-order valence-corrected chi connectivity index (χ3v) is 5.18. The Morgan fingerprint density at radius 2 is 1.70 bits per heavy atom. The number of anilines is 1. The fourth-order valence-corrected chi connectivity index (χ4v) is 3.67. The number of sulfonamides is 1. The lowest BCUT2D eigenvalue weighted by atomic mass is 10.2. The molecule has 0 unspecified atom stereocenters. The summed E-state index contributed by atoms with van der Waals surface area (Å²) in [4.78, 5) is 13.3. The number of halogens is 2. The highest BCUT2D eigenvalue weighted by Crippen LogP contribution is 2.28. The summed E-state index contributed by atoms with van der Waals surface area (Å²) in [6.45, 7) is 0. The molecule has 0 heterocycles. The minimum absolute atomic E-state index is 0.0675. The number of hydrogen-bond acceptors (Lipinski definition) is 3. The van der Waals surface area contributed by atoms with Crippen LogP contribution in [0.25, 0.3) is 0 Å². The third-order valence-electron chi connectivity index (χ3n) is 2.99. The molecule has 2 aromatic rings. The van der Waals surface area contributed by atoms with E-state index < -0.39 is 10.0 Å². The molecule has 0 aromatic heterocycles. The van der Waals surface area contributed by atoms with Crippen molar-refractivity contribution in [2.24, 2.45) is 0 Å². The topological polar surface area (TPSA) is 66.5 Å². The zero-order chi connectivity index (χ0) is 17.2. The number of carbonyl (C=O) groups is 1. The van der Waals surface area contributed by atoms with Crippen molar-refractivity contribution in [3.05, 3.63) is 58.1 Å². The molecule has 0 spiro atoms. The van der Waals surface area contributed by atoms with Crippen LogP contribution < -0.4 is 4.72 Å². The van der Waals surface area contributed by atoms with Crippen molar-refractivity contribution in [3.63, 3.8) is 0 Å². The number of rotatable bonds is 4. The Balaban J connectivity index is 2.42. The zero-order valence-electron chi connectivity index (χ0n) is 12.4. The normalized spacial score (nSPS) is 11.1. The van der Waals surface area contributed by atoms with E-state index in [9.17, 15) is 13.2 Å². The quantitative estimate of drug-likeness (QED) is 0.892. The molecule has 0 aliphatic heterocycles. The molecular formula is C15H14Cl2N2O3S. The Kier molecular flexibility index (Phi) is 5.19. The minimum Gasteiger partial charge on any atom is -0.345 e. The maximum absolute atomic E-state index is 12.4. The molecule has 0 saturated heterocycles. The number of amides is 1. The maximum Gasteiger partial charge on any atom is 0.263 e. The summed E-state index contributed by atoms with van der Waals surface area (Å²) in [7, 11) is -0.717. The van der Waals surface area contributed by atoms with Gasteiger partial charge in [-0.2, -0.15) is 0 Å². The van der Waals surface area contributed by atoms with E-state index in [0.29, 0.717) is 5.56 Å². The first kappa shape index (κ1) is 17.6. The van der Waals surface area contributed by atoms with Gasteiger partial charge in [-0.1, -0.05) is 35.3 Å². The Labute approximate surface area is 144 Å². The molecule has 1 N–H and O–H groups in total. The Bertz CT molecular complexity index is 852. The van der Waals surface area contributed by atoms with E-state index in [1.54, 1.807) is 26.2 Å². The lowest BCUT2D eigenvalue weighted by Gasteiger charge is -2.14. The number of nitrogens with zero attached hydrogens (tertiary/aromatic N) is 1. The largest absolute Gasteiger partial charge is 0.345 e. The first-order valence-electron chi connectivity index (χ1n) is 6.51. The zero-order valence-corrected chi connectivity index (χ0v) is 14.7. The second-order valence-electron chi connectivity index (χ2n) is 4.93. The highest BCUT2D eigenvalue weighted by Gasteiger charge is 2.20. The van der Waals surface area contributed by atoms with Crippen molar-refractivity contribution in [1.82, 2.24) is 4.90 Å². The van der Waals surface area contributed by atoms with Crippen molar-refractivity contribution in [2.45, 2.75) is 4.90 Å². The molecule has 0 saturated carbocycles. The molecular weight excluding hydrogens is 359 g/mol. The van der Waals surface area contributed by atoms with Crippen LogP contribution >= 0.6 is 23.2 Å². The van der Waals surface area contributed by atoms with Gasteiger partial charge in [0.1, 0.15) is 4.90 Å². The lowest BCUT2D eigenvalue weighted by molar-refractivity contribution is 0.0827. The van der Waals surface area contributed by atoms with E-state index in [-0.39, 0.29) is 26.5 Å². The summed E-state index contributed by atoms with van der Waals surface area (Å²) in [6, 6.07) is 10.4. The van der Waals surface area contributed by atoms with E-state index in [1.807, 2.05) is 0 Å². The van der Waals surface area contributed by atoms with Crippen LogP contribution in [0.3, 0.4) is 0 Å². The molecule has 0 aliphatic carbocycles. The summed E-state index contributed by atoms with van der Waals surface area (Å²) >= 11 is 12.0. The third kappa shape index (κ3) is 3.96. The van der Waals surface area contributed by atoms with Crippen molar-refractivity contribution >= 4 is 44.8 Å². The van der Waals surface area contributed by atoms with Gasteiger partial charge in [-0.3, -0.25) is 9.52 Å². The average molecular weight is 373 g/mol. The Hall–Kier alpha value is -1.76. The molecule has 2 rings (SSSR count). The summed E-state index contributed by atoms with van der Waals surface area (Å²) < 4.78 is 27.2. The standard InChI is InChI=1S/C15H14Cl2N2O3S/c1-19(2)15(20)10-7-8-11(16)13(9-10)18-23(21,22)14-6-4-3-5-12(14)17/h3-9,18H,1-2H3. The molecule has 0 aliphatic rings. The molecule has 0 fully saturated rings. The van der Waals surface area contributed by atoms with Gasteiger partial charge in [-0.25, -0.2) is 8.42 Å². The second kappa shape index (κ2) is 6.78. The van der Waals surface area contributed by atoms with Crippen molar-refractivity contribution < 1.29 is 13.2 Å². The fourth-order valence-electron chi connectivity index (χ4n) is 1.86. The molecule has 122 valence electrons. The van der Waals surface area contributed by atoms with E-state index in [4.69, 9.17) is 23.2 Å². The Morgan fingerprint density at radius 3 is 2.30 bits per heavy atom. The monoisotopic (exact) mass is 372 g/mol. The predicted molar refractivity (Wildman–Crippen MR) is 91.7 cm³/mol. The van der Waals surface area contributed by atoms with E-state index >= 15 is 0 Å². The molecule has 5 nitrogen and oxygen atoms in total. The smallest absolute Gasteiger partial charge is 0.263 e. The minimum atomic E-state index is -3.92. The van der Waals surface area contributed by atoms with E-state index in [0.717, 1.165) is 0 Å².